The van der Waals surface area contributed by atoms with E-state index in [1.807, 2.05) is 0 Å². The second-order valence-electron chi connectivity index (χ2n) is 10.6. The number of fused-ring (bicyclic) bond motifs is 5. The van der Waals surface area contributed by atoms with Crippen molar-refractivity contribution >= 4 is 5.97 Å². The Hall–Kier alpha value is -1.29. The summed E-state index contributed by atoms with van der Waals surface area (Å²) in [5.41, 5.74) is 0.717. The largest absolute Gasteiger partial charge is 0.498 e. The molecule has 0 aliphatic heterocycles. The van der Waals surface area contributed by atoms with Crippen molar-refractivity contribution in [2.75, 3.05) is 6.61 Å². The molecule has 0 unspecified atom stereocenters. The average Bonchev–Trinajstić information content (AvgIpc) is 2.96. The van der Waals surface area contributed by atoms with Gasteiger partial charge >= 0.3 is 5.97 Å². The van der Waals surface area contributed by atoms with Gasteiger partial charge in [0.15, 0.2) is 0 Å². The third kappa shape index (κ3) is 3.26. The van der Waals surface area contributed by atoms with E-state index < -0.39 is 11.6 Å². The Kier molecular flexibility index (Phi) is 5.38. The Morgan fingerprint density at radius 2 is 1.97 bits per heavy atom. The number of ether oxygens (including phenoxy) is 1. The van der Waals surface area contributed by atoms with Gasteiger partial charge in [-0.3, -0.25) is 4.79 Å². The summed E-state index contributed by atoms with van der Waals surface area (Å²) >= 11 is 0. The van der Waals surface area contributed by atoms with Crippen LogP contribution in [0.5, 0.6) is 0 Å². The van der Waals surface area contributed by atoms with E-state index >= 15 is 0 Å². The molecule has 162 valence electrons. The van der Waals surface area contributed by atoms with Gasteiger partial charge in [0.1, 0.15) is 0 Å². The lowest BCUT2D eigenvalue weighted by Gasteiger charge is -2.58. The van der Waals surface area contributed by atoms with Crippen LogP contribution in [-0.2, 0) is 9.53 Å². The Bertz CT molecular complexity index is 724. The molecule has 2 saturated carbocycles. The fourth-order valence-electron chi connectivity index (χ4n) is 7.48. The molecule has 0 saturated heterocycles. The predicted octanol–water partition coefficient (Wildman–Crippen LogP) is 5.47. The van der Waals surface area contributed by atoms with Crippen LogP contribution in [0.4, 0.5) is 0 Å². The first-order valence-electron chi connectivity index (χ1n) is 11.7. The molecule has 0 bridgehead atoms. The van der Waals surface area contributed by atoms with Crippen molar-refractivity contribution < 1.29 is 19.7 Å². The molecular weight excluding hydrogens is 364 g/mol. The second-order valence-corrected chi connectivity index (χ2v) is 10.6. The summed E-state index contributed by atoms with van der Waals surface area (Å²) in [6.45, 7) is 7.66. The van der Waals surface area contributed by atoms with Crippen molar-refractivity contribution in [1.82, 2.24) is 0 Å². The first kappa shape index (κ1) is 21.0. The lowest BCUT2D eigenvalue weighted by Crippen LogP contribution is -2.54. The Balaban J connectivity index is 1.57. The van der Waals surface area contributed by atoms with Crippen molar-refractivity contribution in [2.24, 2.45) is 28.6 Å². The summed E-state index contributed by atoms with van der Waals surface area (Å²) in [6, 6.07) is 0. The summed E-state index contributed by atoms with van der Waals surface area (Å²) in [6.07, 6.45) is 13.5. The molecule has 2 N–H and O–H groups in total. The summed E-state index contributed by atoms with van der Waals surface area (Å²) < 4.78 is 5.96. The smallest absolute Gasteiger partial charge is 0.303 e. The number of carboxylic acid groups (broad SMARTS) is 1. The van der Waals surface area contributed by atoms with Gasteiger partial charge in [0, 0.05) is 12.8 Å². The monoisotopic (exact) mass is 402 g/mol. The van der Waals surface area contributed by atoms with Gasteiger partial charge in [0.05, 0.1) is 18.0 Å². The molecule has 4 aliphatic rings. The molecule has 0 heterocycles. The van der Waals surface area contributed by atoms with E-state index in [-0.39, 0.29) is 17.3 Å². The Morgan fingerprint density at radius 1 is 1.21 bits per heavy atom. The summed E-state index contributed by atoms with van der Waals surface area (Å²) in [4.78, 5) is 11.1. The maximum atomic E-state index is 11.5. The number of rotatable bonds is 6. The number of aliphatic hydroxyl groups is 1. The van der Waals surface area contributed by atoms with E-state index in [2.05, 4.69) is 32.9 Å². The minimum Gasteiger partial charge on any atom is -0.498 e. The van der Waals surface area contributed by atoms with E-state index in [1.54, 1.807) is 0 Å². The first-order chi connectivity index (χ1) is 13.7. The van der Waals surface area contributed by atoms with Crippen LogP contribution in [0, 0.1) is 28.6 Å². The third-order valence-corrected chi connectivity index (χ3v) is 9.30. The van der Waals surface area contributed by atoms with Gasteiger partial charge in [-0.05, 0) is 91.6 Å². The zero-order chi connectivity index (χ0) is 20.9. The van der Waals surface area contributed by atoms with Crippen LogP contribution in [-0.4, -0.2) is 28.4 Å². The fourth-order valence-corrected chi connectivity index (χ4v) is 7.48. The highest BCUT2D eigenvalue weighted by Gasteiger charge is 2.63. The van der Waals surface area contributed by atoms with Gasteiger partial charge in [-0.25, -0.2) is 0 Å². The molecule has 0 aromatic rings. The van der Waals surface area contributed by atoms with E-state index in [0.29, 0.717) is 24.2 Å². The molecular formula is C25H38O4. The van der Waals surface area contributed by atoms with E-state index in [9.17, 15) is 9.90 Å². The summed E-state index contributed by atoms with van der Waals surface area (Å²) in [5, 5.41) is 20.7. The lowest BCUT2D eigenvalue weighted by molar-refractivity contribution is -0.145. The summed E-state index contributed by atoms with van der Waals surface area (Å²) in [7, 11) is 0. The molecule has 6 atom stereocenters. The maximum Gasteiger partial charge on any atom is 0.303 e. The van der Waals surface area contributed by atoms with Gasteiger partial charge in [-0.1, -0.05) is 26.8 Å². The average molecular weight is 403 g/mol. The fraction of sp³-hybridized carbons (Fsp3) is 0.800. The first-order valence-corrected chi connectivity index (χ1v) is 11.7. The van der Waals surface area contributed by atoms with Crippen molar-refractivity contribution in [3.05, 3.63) is 23.5 Å². The highest BCUT2D eigenvalue weighted by atomic mass is 16.5. The molecule has 4 heteroatoms. The molecule has 4 rings (SSSR count). The predicted molar refractivity (Wildman–Crippen MR) is 113 cm³/mol. The molecule has 4 nitrogen and oxygen atoms in total. The number of carbonyl (C=O) groups is 1. The third-order valence-electron chi connectivity index (χ3n) is 9.30. The van der Waals surface area contributed by atoms with E-state index in [1.165, 1.54) is 5.57 Å². The van der Waals surface area contributed by atoms with Crippen LogP contribution in [0.15, 0.2) is 23.5 Å². The Labute approximate surface area is 175 Å². The minimum absolute atomic E-state index is 0.0694. The van der Waals surface area contributed by atoms with Gasteiger partial charge in [-0.15, -0.1) is 0 Å². The molecule has 0 amide bonds. The van der Waals surface area contributed by atoms with Crippen molar-refractivity contribution in [3.63, 3.8) is 0 Å². The molecule has 0 aromatic heterocycles. The number of aliphatic carboxylic acids is 1. The SMILES string of the molecule is CCCOC1=CC2=CC[C@@H]3[C@H](CC[C@@]4(C)[C@H]3CC[C@]4(O)CCC(=O)O)[C@@]2(C)CC1. The molecule has 2 fully saturated rings. The van der Waals surface area contributed by atoms with Crippen LogP contribution in [0.3, 0.4) is 0 Å². The zero-order valence-corrected chi connectivity index (χ0v) is 18.4. The van der Waals surface area contributed by atoms with Crippen molar-refractivity contribution in [3.8, 4) is 0 Å². The van der Waals surface area contributed by atoms with Crippen LogP contribution in [0.1, 0.15) is 85.0 Å². The number of hydrogen-bond donors (Lipinski definition) is 2. The number of carboxylic acids is 1. The highest BCUT2D eigenvalue weighted by Crippen LogP contribution is 2.67. The van der Waals surface area contributed by atoms with Crippen LogP contribution in [0.25, 0.3) is 0 Å². The van der Waals surface area contributed by atoms with Crippen molar-refractivity contribution in [1.29, 1.82) is 0 Å². The summed E-state index contributed by atoms with van der Waals surface area (Å²) in [5.74, 6) is 2.11. The Morgan fingerprint density at radius 3 is 2.69 bits per heavy atom. The van der Waals surface area contributed by atoms with Crippen molar-refractivity contribution in [2.45, 2.75) is 90.6 Å². The zero-order valence-electron chi connectivity index (χ0n) is 18.4. The standard InChI is InChI=1S/C25H38O4/c1-4-15-29-18-7-11-23(2)17(16-18)5-6-19-20(23)8-12-24(3)21(19)9-13-25(24,28)14-10-22(26)27/h5,16,19-21,28H,4,6-15H2,1-3H3,(H,26,27)/t19-,20+,21+,23+,24+,25+/m1/s1. The molecule has 0 spiro atoms. The molecule has 4 aliphatic carbocycles. The molecule has 29 heavy (non-hydrogen) atoms. The van der Waals surface area contributed by atoms with Gasteiger partial charge in [-0.2, -0.15) is 0 Å². The molecule has 0 radical (unpaired) electrons. The van der Waals surface area contributed by atoms with Crippen LogP contribution in [0.2, 0.25) is 0 Å². The topological polar surface area (TPSA) is 66.8 Å². The normalized spacial score (nSPS) is 43.5. The minimum atomic E-state index is -0.820. The number of hydrogen-bond acceptors (Lipinski definition) is 3. The van der Waals surface area contributed by atoms with E-state index in [0.717, 1.165) is 63.7 Å². The van der Waals surface area contributed by atoms with Gasteiger partial charge in [0.25, 0.3) is 0 Å². The maximum absolute atomic E-state index is 11.5. The highest BCUT2D eigenvalue weighted by molar-refractivity contribution is 5.66. The number of allylic oxidation sites excluding steroid dienone is 4. The van der Waals surface area contributed by atoms with E-state index in [4.69, 9.17) is 9.84 Å². The molecule has 0 aromatic carbocycles. The van der Waals surface area contributed by atoms with Gasteiger partial charge in [0.2, 0.25) is 0 Å². The second kappa shape index (κ2) is 7.44. The van der Waals surface area contributed by atoms with Gasteiger partial charge < -0.3 is 14.9 Å². The lowest BCUT2D eigenvalue weighted by atomic mass is 9.47. The van der Waals surface area contributed by atoms with Crippen LogP contribution < -0.4 is 0 Å². The quantitative estimate of drug-likeness (QED) is 0.618. The van der Waals surface area contributed by atoms with Crippen LogP contribution >= 0.6 is 0 Å².